The van der Waals surface area contributed by atoms with E-state index in [0.717, 1.165) is 12.1 Å². The van der Waals surface area contributed by atoms with Crippen LogP contribution in [-0.2, 0) is 13.7 Å². The molecular formula is C14H14F6O3S2. The molecule has 1 aliphatic rings. The van der Waals surface area contributed by atoms with Gasteiger partial charge in [0, 0.05) is 20.1 Å². The molecule has 0 amide bonds. The zero-order valence-electron chi connectivity index (χ0n) is 12.8. The van der Waals surface area contributed by atoms with Crippen LogP contribution in [0.5, 0.6) is 0 Å². The van der Waals surface area contributed by atoms with Crippen molar-refractivity contribution < 1.29 is 38.4 Å². The highest BCUT2D eigenvalue weighted by Crippen LogP contribution is 2.78. The molecule has 3 nitrogen and oxygen atoms in total. The van der Waals surface area contributed by atoms with Crippen molar-refractivity contribution in [3.63, 3.8) is 0 Å². The van der Waals surface area contributed by atoms with Gasteiger partial charge in [-0.2, -0.15) is 38.4 Å². The Kier molecular flexibility index (Phi) is 5.24. The molecule has 0 radical (unpaired) electrons. The maximum Gasteiger partial charge on any atom is 0.523 e. The van der Waals surface area contributed by atoms with E-state index in [2.05, 4.69) is 3.63 Å². The molecule has 0 bridgehead atoms. The van der Waals surface area contributed by atoms with Crippen molar-refractivity contribution in [2.24, 2.45) is 0 Å². The number of halogens is 6. The Balaban J connectivity index is 2.71. The van der Waals surface area contributed by atoms with Gasteiger partial charge in [0.2, 0.25) is 0 Å². The SMILES string of the molecule is CCCCC1=Cc2ccccc2S1(OS(=O)(=O)C(F)(F)F)C(F)(F)F. The van der Waals surface area contributed by atoms with Crippen molar-refractivity contribution in [1.29, 1.82) is 0 Å². The second-order valence-corrected chi connectivity index (χ2v) is 9.68. The van der Waals surface area contributed by atoms with Crippen LogP contribution in [0.3, 0.4) is 0 Å². The molecule has 0 spiro atoms. The summed E-state index contributed by atoms with van der Waals surface area (Å²) in [6.07, 6.45) is 1.60. The van der Waals surface area contributed by atoms with E-state index in [4.69, 9.17) is 0 Å². The van der Waals surface area contributed by atoms with Crippen molar-refractivity contribution in [3.8, 4) is 0 Å². The number of allylic oxidation sites excluding steroid dienone is 1. The van der Waals surface area contributed by atoms with Gasteiger partial charge in [0.1, 0.15) is 0 Å². The fourth-order valence-electron chi connectivity index (χ4n) is 2.39. The van der Waals surface area contributed by atoms with Crippen LogP contribution in [0.4, 0.5) is 26.3 Å². The summed E-state index contributed by atoms with van der Waals surface area (Å²) in [5.74, 6) is 0. The summed E-state index contributed by atoms with van der Waals surface area (Å²) in [6, 6.07) is 4.86. The lowest BCUT2D eigenvalue weighted by molar-refractivity contribution is -0.0546. The quantitative estimate of drug-likeness (QED) is 0.464. The molecule has 1 aromatic rings. The predicted molar refractivity (Wildman–Crippen MR) is 81.9 cm³/mol. The van der Waals surface area contributed by atoms with Crippen LogP contribution in [0.2, 0.25) is 0 Å². The van der Waals surface area contributed by atoms with Gasteiger partial charge in [-0.05, 0) is 30.5 Å². The molecular weight excluding hydrogens is 394 g/mol. The Labute approximate surface area is 142 Å². The highest BCUT2D eigenvalue weighted by Gasteiger charge is 2.63. The average Bonchev–Trinajstić information content (AvgIpc) is 2.78. The largest absolute Gasteiger partial charge is 0.523 e. The normalized spacial score (nSPS) is 23.7. The number of benzene rings is 1. The van der Waals surface area contributed by atoms with Crippen molar-refractivity contribution in [1.82, 2.24) is 0 Å². The summed E-state index contributed by atoms with van der Waals surface area (Å²) in [5, 5.41) is 0. The van der Waals surface area contributed by atoms with Crippen LogP contribution in [0.25, 0.3) is 6.08 Å². The lowest BCUT2D eigenvalue weighted by atomic mass is 10.2. The van der Waals surface area contributed by atoms with Gasteiger partial charge in [-0.15, -0.1) is 0 Å². The van der Waals surface area contributed by atoms with Gasteiger partial charge in [0.15, 0.2) is 0 Å². The maximum atomic E-state index is 13.9. The van der Waals surface area contributed by atoms with E-state index < -0.39 is 41.2 Å². The summed E-state index contributed by atoms with van der Waals surface area (Å²) >= 11 is 0. The van der Waals surface area contributed by atoms with Crippen LogP contribution >= 0.6 is 10.3 Å². The Morgan fingerprint density at radius 3 is 2.20 bits per heavy atom. The van der Waals surface area contributed by atoms with E-state index in [0.29, 0.717) is 6.42 Å². The van der Waals surface area contributed by atoms with Crippen molar-refractivity contribution >= 4 is 26.5 Å². The predicted octanol–water partition coefficient (Wildman–Crippen LogP) is 5.70. The van der Waals surface area contributed by atoms with Gasteiger partial charge in [0.05, 0.1) is 0 Å². The molecule has 11 heteroatoms. The number of fused-ring (bicyclic) bond motifs is 1. The highest BCUT2D eigenvalue weighted by atomic mass is 32.3. The molecule has 0 fully saturated rings. The maximum absolute atomic E-state index is 13.9. The number of hydrogen-bond acceptors (Lipinski definition) is 3. The van der Waals surface area contributed by atoms with Crippen LogP contribution < -0.4 is 0 Å². The molecule has 142 valence electrons. The molecule has 1 heterocycles. The van der Waals surface area contributed by atoms with E-state index in [1.54, 1.807) is 6.92 Å². The topological polar surface area (TPSA) is 43.4 Å². The summed E-state index contributed by atoms with van der Waals surface area (Å²) in [4.78, 5) is -1.06. The molecule has 0 saturated heterocycles. The number of rotatable bonds is 5. The molecule has 0 N–H and O–H groups in total. The van der Waals surface area contributed by atoms with Gasteiger partial charge in [-0.1, -0.05) is 31.5 Å². The van der Waals surface area contributed by atoms with Gasteiger partial charge >= 0.3 is 21.1 Å². The highest BCUT2D eigenvalue weighted by molar-refractivity contribution is 8.37. The lowest BCUT2D eigenvalue weighted by Crippen LogP contribution is -2.32. The van der Waals surface area contributed by atoms with Crippen molar-refractivity contribution in [2.45, 2.75) is 42.1 Å². The number of alkyl halides is 6. The standard InChI is InChI=1S/C14H14F6O3S2/c1-2-3-7-11-9-10-6-4-5-8-12(10)24(11,13(15,16)17)23-25(21,22)14(18,19)20/h4-6,8-9H,2-3,7H2,1H3. The molecule has 1 atom stereocenters. The summed E-state index contributed by atoms with van der Waals surface area (Å²) in [5.41, 5.74) is -11.3. The summed E-state index contributed by atoms with van der Waals surface area (Å²) in [7, 11) is -11.3. The van der Waals surface area contributed by atoms with Gasteiger partial charge in [0.25, 0.3) is 0 Å². The minimum Gasteiger partial charge on any atom is -0.196 e. The fraction of sp³-hybridized carbons (Fsp3) is 0.429. The van der Waals surface area contributed by atoms with Gasteiger partial charge in [-0.25, -0.2) is 0 Å². The summed E-state index contributed by atoms with van der Waals surface area (Å²) < 4.78 is 107. The minimum absolute atomic E-state index is 0.0123. The number of hydrogen-bond donors (Lipinski definition) is 0. The Morgan fingerprint density at radius 1 is 1.08 bits per heavy atom. The smallest absolute Gasteiger partial charge is 0.196 e. The lowest BCUT2D eigenvalue weighted by Gasteiger charge is -2.39. The third-order valence-corrected chi connectivity index (χ3v) is 8.30. The number of unbranched alkanes of at least 4 members (excludes halogenated alkanes) is 1. The molecule has 1 aliphatic heterocycles. The first-order chi connectivity index (χ1) is 11.4. The molecule has 0 aromatic heterocycles. The van der Waals surface area contributed by atoms with Crippen molar-refractivity contribution in [2.75, 3.05) is 0 Å². The zero-order valence-corrected chi connectivity index (χ0v) is 14.5. The van der Waals surface area contributed by atoms with Crippen LogP contribution in [0.15, 0.2) is 34.1 Å². The van der Waals surface area contributed by atoms with Crippen molar-refractivity contribution in [3.05, 3.63) is 34.7 Å². The van der Waals surface area contributed by atoms with Crippen LogP contribution in [-0.4, -0.2) is 19.4 Å². The van der Waals surface area contributed by atoms with E-state index in [-0.39, 0.29) is 18.4 Å². The second-order valence-electron chi connectivity index (χ2n) is 5.22. The molecule has 0 aliphatic carbocycles. The molecule has 1 unspecified atom stereocenters. The monoisotopic (exact) mass is 408 g/mol. The van der Waals surface area contributed by atoms with Gasteiger partial charge < -0.3 is 0 Å². The van der Waals surface area contributed by atoms with E-state index in [9.17, 15) is 34.8 Å². The third-order valence-electron chi connectivity index (χ3n) is 3.49. The van der Waals surface area contributed by atoms with Gasteiger partial charge in [-0.3, -0.25) is 0 Å². The first-order valence-corrected chi connectivity index (χ1v) is 10.0. The molecule has 25 heavy (non-hydrogen) atoms. The molecule has 1 aromatic carbocycles. The van der Waals surface area contributed by atoms with E-state index >= 15 is 0 Å². The van der Waals surface area contributed by atoms with Crippen LogP contribution in [0, 0.1) is 0 Å². The van der Waals surface area contributed by atoms with E-state index in [1.165, 1.54) is 18.2 Å². The first-order valence-electron chi connectivity index (χ1n) is 7.08. The summed E-state index contributed by atoms with van der Waals surface area (Å²) in [6.45, 7) is 1.70. The average molecular weight is 408 g/mol. The Hall–Kier alpha value is -1.20. The zero-order chi connectivity index (χ0) is 19.1. The molecule has 2 rings (SSSR count). The van der Waals surface area contributed by atoms with Crippen LogP contribution in [0.1, 0.15) is 31.7 Å². The Bertz CT molecular complexity index is 782. The Morgan fingerprint density at radius 2 is 1.68 bits per heavy atom. The first kappa shape index (κ1) is 20.1. The van der Waals surface area contributed by atoms with E-state index in [1.807, 2.05) is 0 Å². The third kappa shape index (κ3) is 3.41. The fourth-order valence-corrected chi connectivity index (χ4v) is 7.01. The minimum atomic E-state index is -6.45. The molecule has 0 saturated carbocycles. The second kappa shape index (κ2) is 6.51.